The Labute approximate surface area is 79.4 Å². The Hall–Kier alpha value is -0.860. The lowest BCUT2D eigenvalue weighted by molar-refractivity contribution is 0.268. The van der Waals surface area contributed by atoms with Crippen molar-refractivity contribution in [2.24, 2.45) is 5.73 Å². The van der Waals surface area contributed by atoms with Crippen molar-refractivity contribution in [2.75, 3.05) is 6.61 Å². The average Bonchev–Trinajstić information content (AvgIpc) is 2.18. The van der Waals surface area contributed by atoms with Crippen LogP contribution in [-0.4, -0.2) is 11.7 Å². The van der Waals surface area contributed by atoms with Gasteiger partial charge < -0.3 is 10.8 Å². The largest absolute Gasteiger partial charge is 0.394 e. The van der Waals surface area contributed by atoms with E-state index in [1.165, 1.54) is 5.56 Å². The highest BCUT2D eigenvalue weighted by Gasteiger charge is 2.02. The van der Waals surface area contributed by atoms with Gasteiger partial charge in [-0.05, 0) is 17.5 Å². The smallest absolute Gasteiger partial charge is 0.0624 e. The average molecular weight is 179 g/mol. The highest BCUT2D eigenvalue weighted by molar-refractivity contribution is 5.24. The van der Waals surface area contributed by atoms with E-state index in [0.717, 1.165) is 18.4 Å². The summed E-state index contributed by atoms with van der Waals surface area (Å²) >= 11 is 0. The number of hydrogen-bond donors (Lipinski definition) is 2. The minimum absolute atomic E-state index is 0.00707. The molecular weight excluding hydrogens is 162 g/mol. The van der Waals surface area contributed by atoms with Gasteiger partial charge in [-0.25, -0.2) is 0 Å². The van der Waals surface area contributed by atoms with Crippen molar-refractivity contribution in [1.82, 2.24) is 0 Å². The lowest BCUT2D eigenvalue weighted by Gasteiger charge is -2.08. The minimum atomic E-state index is -0.240. The molecule has 1 aromatic rings. The molecule has 0 aromatic heterocycles. The fourth-order valence-corrected chi connectivity index (χ4v) is 1.33. The second-order valence-electron chi connectivity index (χ2n) is 3.28. The molecule has 0 saturated carbocycles. The molecule has 0 aliphatic carbocycles. The van der Waals surface area contributed by atoms with Gasteiger partial charge in [-0.3, -0.25) is 0 Å². The molecule has 0 fully saturated rings. The minimum Gasteiger partial charge on any atom is -0.394 e. The summed E-state index contributed by atoms with van der Waals surface area (Å²) in [6.45, 7) is 2.17. The van der Waals surface area contributed by atoms with Crippen molar-refractivity contribution >= 4 is 0 Å². The van der Waals surface area contributed by atoms with Crippen LogP contribution in [0.2, 0.25) is 0 Å². The Kier molecular flexibility index (Phi) is 3.93. The topological polar surface area (TPSA) is 46.2 Å². The molecule has 0 unspecified atom stereocenters. The van der Waals surface area contributed by atoms with Crippen LogP contribution in [0.1, 0.15) is 30.5 Å². The van der Waals surface area contributed by atoms with Crippen LogP contribution in [-0.2, 0) is 6.42 Å². The Morgan fingerprint density at radius 3 is 2.38 bits per heavy atom. The Bertz CT molecular complexity index is 243. The number of aliphatic hydroxyl groups excluding tert-OH is 1. The second kappa shape index (κ2) is 5.00. The molecule has 3 N–H and O–H groups in total. The van der Waals surface area contributed by atoms with Crippen molar-refractivity contribution in [2.45, 2.75) is 25.8 Å². The molecule has 13 heavy (non-hydrogen) atoms. The summed E-state index contributed by atoms with van der Waals surface area (Å²) < 4.78 is 0. The van der Waals surface area contributed by atoms with Gasteiger partial charge in [0.1, 0.15) is 0 Å². The summed E-state index contributed by atoms with van der Waals surface area (Å²) in [6.07, 6.45) is 2.26. The lowest BCUT2D eigenvalue weighted by Crippen LogP contribution is -2.14. The molecule has 0 aliphatic heterocycles. The van der Waals surface area contributed by atoms with Gasteiger partial charge in [-0.2, -0.15) is 0 Å². The SMILES string of the molecule is CCCc1ccc([C@@H](N)CO)cc1. The van der Waals surface area contributed by atoms with Gasteiger partial charge in [-0.15, -0.1) is 0 Å². The molecule has 0 bridgehead atoms. The third-order valence-corrected chi connectivity index (χ3v) is 2.14. The van der Waals surface area contributed by atoms with Crippen LogP contribution in [0.25, 0.3) is 0 Å². The molecule has 2 nitrogen and oxygen atoms in total. The number of hydrogen-bond acceptors (Lipinski definition) is 2. The number of aryl methyl sites for hydroxylation is 1. The zero-order chi connectivity index (χ0) is 9.68. The number of rotatable bonds is 4. The molecule has 0 amide bonds. The maximum absolute atomic E-state index is 8.84. The summed E-state index contributed by atoms with van der Waals surface area (Å²) in [7, 11) is 0. The van der Waals surface area contributed by atoms with E-state index in [4.69, 9.17) is 10.8 Å². The first kappa shape index (κ1) is 10.2. The molecule has 1 atom stereocenters. The molecule has 0 saturated heterocycles. The standard InChI is InChI=1S/C11H17NO/c1-2-3-9-4-6-10(7-5-9)11(12)8-13/h4-7,11,13H,2-3,8,12H2,1H3/t11-/m0/s1. The van der Waals surface area contributed by atoms with Gasteiger partial charge in [0, 0.05) is 0 Å². The summed E-state index contributed by atoms with van der Waals surface area (Å²) in [5.74, 6) is 0. The lowest BCUT2D eigenvalue weighted by atomic mass is 10.0. The predicted molar refractivity (Wildman–Crippen MR) is 54.5 cm³/mol. The molecule has 0 spiro atoms. The zero-order valence-corrected chi connectivity index (χ0v) is 8.03. The predicted octanol–water partition coefficient (Wildman–Crippen LogP) is 1.63. The Morgan fingerprint density at radius 1 is 1.31 bits per heavy atom. The number of nitrogens with two attached hydrogens (primary N) is 1. The van der Waals surface area contributed by atoms with E-state index < -0.39 is 0 Å². The summed E-state index contributed by atoms with van der Waals surface area (Å²) in [6, 6.07) is 7.90. The van der Waals surface area contributed by atoms with E-state index in [-0.39, 0.29) is 12.6 Å². The van der Waals surface area contributed by atoms with Crippen LogP contribution >= 0.6 is 0 Å². The van der Waals surface area contributed by atoms with Crippen molar-refractivity contribution in [3.8, 4) is 0 Å². The first-order valence-corrected chi connectivity index (χ1v) is 4.73. The third kappa shape index (κ3) is 2.83. The molecule has 0 heterocycles. The molecule has 0 radical (unpaired) electrons. The summed E-state index contributed by atoms with van der Waals surface area (Å²) in [5, 5.41) is 8.84. The maximum Gasteiger partial charge on any atom is 0.0624 e. The van der Waals surface area contributed by atoms with Crippen LogP contribution < -0.4 is 5.73 Å². The van der Waals surface area contributed by atoms with Crippen molar-refractivity contribution in [3.63, 3.8) is 0 Å². The Balaban J connectivity index is 2.69. The Morgan fingerprint density at radius 2 is 1.92 bits per heavy atom. The summed E-state index contributed by atoms with van der Waals surface area (Å²) in [5.41, 5.74) is 8.00. The molecular formula is C11H17NO. The third-order valence-electron chi connectivity index (χ3n) is 2.14. The molecule has 72 valence electrons. The van der Waals surface area contributed by atoms with Crippen LogP contribution in [0.4, 0.5) is 0 Å². The van der Waals surface area contributed by atoms with Crippen molar-refractivity contribution in [3.05, 3.63) is 35.4 Å². The van der Waals surface area contributed by atoms with Crippen LogP contribution in [0.3, 0.4) is 0 Å². The first-order chi connectivity index (χ1) is 6.27. The fraction of sp³-hybridized carbons (Fsp3) is 0.455. The molecule has 2 heteroatoms. The van der Waals surface area contributed by atoms with Gasteiger partial charge in [-0.1, -0.05) is 37.6 Å². The fourth-order valence-electron chi connectivity index (χ4n) is 1.33. The number of aliphatic hydroxyl groups is 1. The van der Waals surface area contributed by atoms with E-state index in [1.54, 1.807) is 0 Å². The zero-order valence-electron chi connectivity index (χ0n) is 8.03. The van der Waals surface area contributed by atoms with Gasteiger partial charge in [0.2, 0.25) is 0 Å². The van der Waals surface area contributed by atoms with Crippen LogP contribution in [0, 0.1) is 0 Å². The van der Waals surface area contributed by atoms with E-state index in [2.05, 4.69) is 19.1 Å². The highest BCUT2D eigenvalue weighted by Crippen LogP contribution is 2.11. The number of benzene rings is 1. The molecule has 1 rings (SSSR count). The molecule has 1 aromatic carbocycles. The van der Waals surface area contributed by atoms with Crippen molar-refractivity contribution in [1.29, 1.82) is 0 Å². The van der Waals surface area contributed by atoms with E-state index in [9.17, 15) is 0 Å². The van der Waals surface area contributed by atoms with Gasteiger partial charge in [0.25, 0.3) is 0 Å². The van der Waals surface area contributed by atoms with Crippen molar-refractivity contribution < 1.29 is 5.11 Å². The quantitative estimate of drug-likeness (QED) is 0.738. The van der Waals surface area contributed by atoms with E-state index >= 15 is 0 Å². The normalized spacial score (nSPS) is 12.8. The second-order valence-corrected chi connectivity index (χ2v) is 3.28. The summed E-state index contributed by atoms with van der Waals surface area (Å²) in [4.78, 5) is 0. The van der Waals surface area contributed by atoms with Crippen LogP contribution in [0.15, 0.2) is 24.3 Å². The van der Waals surface area contributed by atoms with E-state index in [1.807, 2.05) is 12.1 Å². The molecule has 0 aliphatic rings. The van der Waals surface area contributed by atoms with Gasteiger partial charge >= 0.3 is 0 Å². The highest BCUT2D eigenvalue weighted by atomic mass is 16.3. The van der Waals surface area contributed by atoms with Crippen LogP contribution in [0.5, 0.6) is 0 Å². The maximum atomic E-state index is 8.84. The monoisotopic (exact) mass is 179 g/mol. The first-order valence-electron chi connectivity index (χ1n) is 4.73. The van der Waals surface area contributed by atoms with E-state index in [0.29, 0.717) is 0 Å². The van der Waals surface area contributed by atoms with Gasteiger partial charge in [0.05, 0.1) is 12.6 Å². The van der Waals surface area contributed by atoms with Gasteiger partial charge in [0.15, 0.2) is 0 Å².